The number of thiophene rings is 1. The standard InChI is InChI=1S/C9H10O4S/c1-4-6(8(10)11)7(5(2)14-4)9(12)13-3/h1-3H3,(H,10,11). The fourth-order valence-electron chi connectivity index (χ4n) is 1.29. The predicted molar refractivity (Wildman–Crippen MR) is 52.1 cm³/mol. The highest BCUT2D eigenvalue weighted by molar-refractivity contribution is 7.12. The van der Waals surface area contributed by atoms with Crippen LogP contribution in [0.25, 0.3) is 0 Å². The minimum atomic E-state index is -1.09. The second-order valence-electron chi connectivity index (χ2n) is 2.76. The summed E-state index contributed by atoms with van der Waals surface area (Å²) in [6, 6.07) is 0. The van der Waals surface area contributed by atoms with Crippen molar-refractivity contribution in [2.24, 2.45) is 0 Å². The predicted octanol–water partition coefficient (Wildman–Crippen LogP) is 1.85. The van der Waals surface area contributed by atoms with Gasteiger partial charge in [-0.25, -0.2) is 9.59 Å². The van der Waals surface area contributed by atoms with E-state index in [1.165, 1.54) is 18.4 Å². The van der Waals surface area contributed by atoms with Gasteiger partial charge in [0.05, 0.1) is 18.2 Å². The molecule has 0 aromatic carbocycles. The van der Waals surface area contributed by atoms with Crippen molar-refractivity contribution in [2.45, 2.75) is 13.8 Å². The number of rotatable bonds is 2. The highest BCUT2D eigenvalue weighted by Crippen LogP contribution is 2.27. The molecule has 0 amide bonds. The van der Waals surface area contributed by atoms with Gasteiger partial charge in [0.15, 0.2) is 0 Å². The second-order valence-corrected chi connectivity index (χ2v) is 4.19. The number of methoxy groups -OCH3 is 1. The van der Waals surface area contributed by atoms with Crippen LogP contribution >= 0.6 is 11.3 Å². The van der Waals surface area contributed by atoms with Gasteiger partial charge < -0.3 is 9.84 Å². The lowest BCUT2D eigenvalue weighted by Crippen LogP contribution is -2.09. The lowest BCUT2D eigenvalue weighted by atomic mass is 10.1. The van der Waals surface area contributed by atoms with Gasteiger partial charge in [-0.3, -0.25) is 0 Å². The molecule has 0 unspecified atom stereocenters. The third-order valence-corrected chi connectivity index (χ3v) is 2.88. The van der Waals surface area contributed by atoms with Crippen LogP contribution in [0, 0.1) is 13.8 Å². The van der Waals surface area contributed by atoms with E-state index in [1.54, 1.807) is 13.8 Å². The first-order valence-electron chi connectivity index (χ1n) is 3.90. The molecule has 0 saturated carbocycles. The summed E-state index contributed by atoms with van der Waals surface area (Å²) >= 11 is 1.29. The van der Waals surface area contributed by atoms with Crippen LogP contribution < -0.4 is 0 Å². The summed E-state index contributed by atoms with van der Waals surface area (Å²) in [5, 5.41) is 8.90. The minimum absolute atomic E-state index is 0.0550. The molecule has 4 nitrogen and oxygen atoms in total. The van der Waals surface area contributed by atoms with E-state index in [1.807, 2.05) is 0 Å². The van der Waals surface area contributed by atoms with Crippen molar-refractivity contribution in [3.8, 4) is 0 Å². The lowest BCUT2D eigenvalue weighted by Gasteiger charge is -1.99. The fraction of sp³-hybridized carbons (Fsp3) is 0.333. The number of carboxylic acids is 1. The number of aromatic carboxylic acids is 1. The summed E-state index contributed by atoms with van der Waals surface area (Å²) in [4.78, 5) is 23.5. The lowest BCUT2D eigenvalue weighted by molar-refractivity contribution is 0.0582. The van der Waals surface area contributed by atoms with Gasteiger partial charge in [-0.15, -0.1) is 11.3 Å². The van der Waals surface area contributed by atoms with Gasteiger partial charge in [-0.05, 0) is 13.8 Å². The van der Waals surface area contributed by atoms with Crippen LogP contribution in [-0.4, -0.2) is 24.2 Å². The molecule has 0 spiro atoms. The molecule has 0 aliphatic heterocycles. The smallest absolute Gasteiger partial charge is 0.339 e. The second kappa shape index (κ2) is 3.79. The average molecular weight is 214 g/mol. The maximum atomic E-state index is 11.3. The number of carbonyl (C=O) groups is 2. The van der Waals surface area contributed by atoms with E-state index in [4.69, 9.17) is 5.11 Å². The van der Waals surface area contributed by atoms with Gasteiger partial charge in [0.2, 0.25) is 0 Å². The van der Waals surface area contributed by atoms with Gasteiger partial charge in [0.1, 0.15) is 0 Å². The molecule has 1 N–H and O–H groups in total. The van der Waals surface area contributed by atoms with Gasteiger partial charge >= 0.3 is 11.9 Å². The summed E-state index contributed by atoms with van der Waals surface area (Å²) in [6.45, 7) is 3.38. The maximum Gasteiger partial charge on any atom is 0.339 e. The van der Waals surface area contributed by atoms with Crippen molar-refractivity contribution >= 4 is 23.3 Å². The van der Waals surface area contributed by atoms with Gasteiger partial charge in [0, 0.05) is 9.75 Å². The molecule has 0 atom stereocenters. The van der Waals surface area contributed by atoms with E-state index in [0.717, 1.165) is 0 Å². The number of ether oxygens (including phenoxy) is 1. The van der Waals surface area contributed by atoms with Crippen molar-refractivity contribution in [1.29, 1.82) is 0 Å². The number of carbonyl (C=O) groups excluding carboxylic acids is 1. The third kappa shape index (κ3) is 1.63. The zero-order valence-corrected chi connectivity index (χ0v) is 8.90. The van der Waals surface area contributed by atoms with Gasteiger partial charge in [0.25, 0.3) is 0 Å². The maximum absolute atomic E-state index is 11.3. The van der Waals surface area contributed by atoms with Crippen LogP contribution in [0.4, 0.5) is 0 Å². The largest absolute Gasteiger partial charge is 0.478 e. The summed E-state index contributed by atoms with van der Waals surface area (Å²) in [5.41, 5.74) is 0.224. The van der Waals surface area contributed by atoms with Crippen LogP contribution in [0.5, 0.6) is 0 Å². The molecule has 1 aromatic rings. The number of aryl methyl sites for hydroxylation is 2. The molecular weight excluding hydrogens is 204 g/mol. The monoisotopic (exact) mass is 214 g/mol. The van der Waals surface area contributed by atoms with Gasteiger partial charge in [-0.1, -0.05) is 0 Å². The molecule has 1 heterocycles. The van der Waals surface area contributed by atoms with E-state index in [0.29, 0.717) is 9.75 Å². The quantitative estimate of drug-likeness (QED) is 0.763. The molecule has 5 heteroatoms. The summed E-state index contributed by atoms with van der Waals surface area (Å²) in [5.74, 6) is -1.68. The number of carboxylic acid groups (broad SMARTS) is 1. The molecule has 0 radical (unpaired) electrons. The van der Waals surface area contributed by atoms with Crippen molar-refractivity contribution in [2.75, 3.05) is 7.11 Å². The van der Waals surface area contributed by atoms with Crippen molar-refractivity contribution < 1.29 is 19.4 Å². The highest BCUT2D eigenvalue weighted by Gasteiger charge is 2.24. The molecule has 0 saturated heterocycles. The Morgan fingerprint density at radius 3 is 2.14 bits per heavy atom. The topological polar surface area (TPSA) is 63.6 Å². The molecule has 1 rings (SSSR count). The molecule has 0 fully saturated rings. The van der Waals surface area contributed by atoms with E-state index < -0.39 is 11.9 Å². The zero-order valence-electron chi connectivity index (χ0n) is 8.08. The summed E-state index contributed by atoms with van der Waals surface area (Å²) < 4.78 is 4.53. The molecular formula is C9H10O4S. The van der Waals surface area contributed by atoms with Crippen LogP contribution in [0.1, 0.15) is 30.5 Å². The fourth-order valence-corrected chi connectivity index (χ4v) is 2.33. The third-order valence-electron chi connectivity index (χ3n) is 1.86. The minimum Gasteiger partial charge on any atom is -0.478 e. The Balaban J connectivity index is 3.39. The molecule has 76 valence electrons. The van der Waals surface area contributed by atoms with E-state index in [2.05, 4.69) is 4.74 Å². The zero-order chi connectivity index (χ0) is 10.9. The molecule has 0 aliphatic carbocycles. The van der Waals surface area contributed by atoms with Crippen molar-refractivity contribution in [3.05, 3.63) is 20.9 Å². The first kappa shape index (κ1) is 10.7. The van der Waals surface area contributed by atoms with Crippen molar-refractivity contribution in [1.82, 2.24) is 0 Å². The molecule has 14 heavy (non-hydrogen) atoms. The van der Waals surface area contributed by atoms with Crippen LogP contribution in [0.15, 0.2) is 0 Å². The highest BCUT2D eigenvalue weighted by atomic mass is 32.1. The van der Waals surface area contributed by atoms with Crippen LogP contribution in [0.2, 0.25) is 0 Å². The van der Waals surface area contributed by atoms with E-state index in [9.17, 15) is 9.59 Å². The Kier molecular flexibility index (Phi) is 2.90. The van der Waals surface area contributed by atoms with E-state index >= 15 is 0 Å². The summed E-state index contributed by atoms with van der Waals surface area (Å²) in [7, 11) is 1.24. The normalized spacial score (nSPS) is 9.93. The number of hydrogen-bond acceptors (Lipinski definition) is 4. The van der Waals surface area contributed by atoms with Gasteiger partial charge in [-0.2, -0.15) is 0 Å². The van der Waals surface area contributed by atoms with E-state index in [-0.39, 0.29) is 11.1 Å². The summed E-state index contributed by atoms with van der Waals surface area (Å²) in [6.07, 6.45) is 0. The SMILES string of the molecule is COC(=O)c1c(C)sc(C)c1C(=O)O. The average Bonchev–Trinajstić information content (AvgIpc) is 2.39. The molecule has 0 bridgehead atoms. The Morgan fingerprint density at radius 2 is 1.71 bits per heavy atom. The molecule has 1 aromatic heterocycles. The number of esters is 1. The van der Waals surface area contributed by atoms with Crippen molar-refractivity contribution in [3.63, 3.8) is 0 Å². The Hall–Kier alpha value is -1.36. The first-order chi connectivity index (χ1) is 6.49. The molecule has 0 aliphatic rings. The Labute approximate surface area is 85.1 Å². The Morgan fingerprint density at radius 1 is 1.21 bits per heavy atom. The number of hydrogen-bond donors (Lipinski definition) is 1. The first-order valence-corrected chi connectivity index (χ1v) is 4.72. The van der Waals surface area contributed by atoms with Crippen LogP contribution in [0.3, 0.4) is 0 Å². The Bertz CT molecular complexity index is 392. The van der Waals surface area contributed by atoms with Crippen LogP contribution in [-0.2, 0) is 4.74 Å².